The smallest absolute Gasteiger partial charge is 0.238 e. The van der Waals surface area contributed by atoms with Crippen molar-refractivity contribution in [3.8, 4) is 5.75 Å². The number of hydrogen-bond donors (Lipinski definition) is 2. The van der Waals surface area contributed by atoms with Crippen LogP contribution in [0.5, 0.6) is 5.75 Å². The molecule has 0 aliphatic rings. The van der Waals surface area contributed by atoms with Crippen molar-refractivity contribution in [2.24, 2.45) is 0 Å². The summed E-state index contributed by atoms with van der Waals surface area (Å²) in [5, 5.41) is 7.94. The van der Waals surface area contributed by atoms with Gasteiger partial charge in [0, 0.05) is 30.4 Å². The van der Waals surface area contributed by atoms with Crippen molar-refractivity contribution >= 4 is 34.0 Å². The summed E-state index contributed by atoms with van der Waals surface area (Å²) in [5.41, 5.74) is 2.47. The number of nitrogens with one attached hydrogen (secondary N) is 2. The summed E-state index contributed by atoms with van der Waals surface area (Å²) in [7, 11) is 0. The summed E-state index contributed by atoms with van der Waals surface area (Å²) in [6.07, 6.45) is 0.0637. The molecule has 0 bridgehead atoms. The molecular weight excluding hydrogens is 402 g/mol. The Hall–Kier alpha value is -3.38. The van der Waals surface area contributed by atoms with E-state index in [0.29, 0.717) is 17.9 Å². The average Bonchev–Trinajstić information content (AvgIpc) is 2.75. The van der Waals surface area contributed by atoms with Crippen molar-refractivity contribution in [3.63, 3.8) is 0 Å². The number of benzene rings is 3. The average molecular weight is 434 g/mol. The third-order valence-corrected chi connectivity index (χ3v) is 5.05. The summed E-state index contributed by atoms with van der Waals surface area (Å²) < 4.78 is 6.08. The molecule has 0 saturated heterocycles. The van der Waals surface area contributed by atoms with E-state index in [1.807, 2.05) is 39.0 Å². The Kier molecular flexibility index (Phi) is 7.84. The molecule has 0 unspecified atom stereocenters. The Balaban J connectivity index is 1.73. The van der Waals surface area contributed by atoms with Gasteiger partial charge in [0.05, 0.1) is 12.6 Å². The fourth-order valence-corrected chi connectivity index (χ4v) is 3.59. The Labute approximate surface area is 189 Å². The quantitative estimate of drug-likeness (QED) is 0.496. The van der Waals surface area contributed by atoms with Crippen molar-refractivity contribution in [2.75, 3.05) is 23.7 Å². The molecule has 3 aromatic rings. The van der Waals surface area contributed by atoms with E-state index in [1.165, 1.54) is 6.92 Å². The van der Waals surface area contributed by atoms with E-state index in [4.69, 9.17) is 4.74 Å². The minimum atomic E-state index is -0.130. The van der Waals surface area contributed by atoms with Gasteiger partial charge >= 0.3 is 0 Å². The highest BCUT2D eigenvalue weighted by atomic mass is 16.5. The number of amides is 2. The first kappa shape index (κ1) is 23.3. The minimum absolute atomic E-state index is 0.0637. The topological polar surface area (TPSA) is 70.7 Å². The standard InChI is InChI=1S/C26H31N3O3/c1-5-29(17-26(31)28-22-13-11-21(12-14-22)27-19(4)30)16-24-23-9-7-6-8-20(23)10-15-25(24)32-18(2)3/h6-15,18H,5,16-17H2,1-4H3,(H,27,30)(H,28,31). The number of carbonyl (C=O) groups excluding carboxylic acids is 2. The number of anilines is 2. The maximum Gasteiger partial charge on any atom is 0.238 e. The second kappa shape index (κ2) is 10.8. The molecule has 0 aliphatic heterocycles. The van der Waals surface area contributed by atoms with Gasteiger partial charge in [-0.05, 0) is 61.5 Å². The van der Waals surface area contributed by atoms with E-state index in [0.717, 1.165) is 28.6 Å². The Morgan fingerprint density at radius 3 is 2.22 bits per heavy atom. The van der Waals surface area contributed by atoms with E-state index in [2.05, 4.69) is 33.7 Å². The highest BCUT2D eigenvalue weighted by molar-refractivity contribution is 5.93. The van der Waals surface area contributed by atoms with Crippen molar-refractivity contribution in [1.82, 2.24) is 4.90 Å². The number of fused-ring (bicyclic) bond motifs is 1. The molecule has 6 heteroatoms. The molecule has 0 radical (unpaired) electrons. The number of hydrogen-bond acceptors (Lipinski definition) is 4. The largest absolute Gasteiger partial charge is 0.491 e. The van der Waals surface area contributed by atoms with Gasteiger partial charge in [0.25, 0.3) is 0 Å². The van der Waals surface area contributed by atoms with Crippen molar-refractivity contribution in [1.29, 1.82) is 0 Å². The molecule has 6 nitrogen and oxygen atoms in total. The predicted octanol–water partition coefficient (Wildman–Crippen LogP) is 5.05. The molecule has 3 aromatic carbocycles. The Bertz CT molecular complexity index is 1080. The zero-order valence-electron chi connectivity index (χ0n) is 19.1. The van der Waals surface area contributed by atoms with Crippen molar-refractivity contribution in [3.05, 3.63) is 66.2 Å². The normalized spacial score (nSPS) is 11.1. The lowest BCUT2D eigenvalue weighted by molar-refractivity contribution is -0.117. The van der Waals surface area contributed by atoms with Gasteiger partial charge in [0.2, 0.25) is 11.8 Å². The van der Waals surface area contributed by atoms with E-state index >= 15 is 0 Å². The van der Waals surface area contributed by atoms with Crippen LogP contribution in [-0.2, 0) is 16.1 Å². The number of nitrogens with zero attached hydrogens (tertiary/aromatic N) is 1. The van der Waals surface area contributed by atoms with Gasteiger partial charge in [-0.1, -0.05) is 37.3 Å². The van der Waals surface area contributed by atoms with Crippen LogP contribution in [0, 0.1) is 0 Å². The number of likely N-dealkylation sites (N-methyl/N-ethyl adjacent to an activating group) is 1. The molecule has 2 N–H and O–H groups in total. The zero-order valence-corrected chi connectivity index (χ0v) is 19.1. The van der Waals surface area contributed by atoms with Gasteiger partial charge in [0.1, 0.15) is 5.75 Å². The van der Waals surface area contributed by atoms with Crippen LogP contribution in [0.2, 0.25) is 0 Å². The number of carbonyl (C=O) groups is 2. The molecule has 2 amide bonds. The lowest BCUT2D eigenvalue weighted by Gasteiger charge is -2.23. The van der Waals surface area contributed by atoms with Crippen LogP contribution in [-0.4, -0.2) is 35.9 Å². The molecule has 32 heavy (non-hydrogen) atoms. The summed E-state index contributed by atoms with van der Waals surface area (Å²) in [6, 6.07) is 19.4. The van der Waals surface area contributed by atoms with Gasteiger partial charge in [-0.15, -0.1) is 0 Å². The highest BCUT2D eigenvalue weighted by Gasteiger charge is 2.16. The van der Waals surface area contributed by atoms with Crippen LogP contribution in [0.4, 0.5) is 11.4 Å². The molecule has 0 fully saturated rings. The molecule has 168 valence electrons. The van der Waals surface area contributed by atoms with E-state index in [1.54, 1.807) is 24.3 Å². The van der Waals surface area contributed by atoms with Crippen LogP contribution >= 0.6 is 0 Å². The van der Waals surface area contributed by atoms with Gasteiger partial charge in [-0.25, -0.2) is 0 Å². The predicted molar refractivity (Wildman–Crippen MR) is 130 cm³/mol. The first-order chi connectivity index (χ1) is 15.4. The second-order valence-electron chi connectivity index (χ2n) is 8.04. The summed E-state index contributed by atoms with van der Waals surface area (Å²) in [6.45, 7) is 9.12. The van der Waals surface area contributed by atoms with Gasteiger partial charge < -0.3 is 15.4 Å². The van der Waals surface area contributed by atoms with Crippen LogP contribution in [0.15, 0.2) is 60.7 Å². The second-order valence-corrected chi connectivity index (χ2v) is 8.04. The van der Waals surface area contributed by atoms with Crippen molar-refractivity contribution < 1.29 is 14.3 Å². The molecule has 0 aliphatic carbocycles. The first-order valence-corrected chi connectivity index (χ1v) is 10.9. The summed E-state index contributed by atoms with van der Waals surface area (Å²) in [5.74, 6) is 0.631. The molecule has 0 aromatic heterocycles. The van der Waals surface area contributed by atoms with Gasteiger partial charge in [-0.2, -0.15) is 0 Å². The molecule has 0 saturated carbocycles. The molecular formula is C26H31N3O3. The Morgan fingerprint density at radius 2 is 1.59 bits per heavy atom. The summed E-state index contributed by atoms with van der Waals surface area (Å²) in [4.78, 5) is 26.0. The van der Waals surface area contributed by atoms with Gasteiger partial charge in [0.15, 0.2) is 0 Å². The van der Waals surface area contributed by atoms with Crippen LogP contribution in [0.3, 0.4) is 0 Å². The summed E-state index contributed by atoms with van der Waals surface area (Å²) >= 11 is 0. The van der Waals surface area contributed by atoms with Crippen LogP contribution < -0.4 is 15.4 Å². The maximum absolute atomic E-state index is 12.7. The van der Waals surface area contributed by atoms with E-state index in [-0.39, 0.29) is 24.5 Å². The lowest BCUT2D eigenvalue weighted by atomic mass is 10.0. The Morgan fingerprint density at radius 1 is 0.938 bits per heavy atom. The fraction of sp³-hybridized carbons (Fsp3) is 0.308. The van der Waals surface area contributed by atoms with E-state index in [9.17, 15) is 9.59 Å². The van der Waals surface area contributed by atoms with Crippen LogP contribution in [0.25, 0.3) is 10.8 Å². The first-order valence-electron chi connectivity index (χ1n) is 10.9. The SMILES string of the molecule is CCN(CC(=O)Nc1ccc(NC(C)=O)cc1)Cc1c(OC(C)C)ccc2ccccc12. The molecule has 0 heterocycles. The molecule has 3 rings (SSSR count). The number of ether oxygens (including phenoxy) is 1. The maximum atomic E-state index is 12.7. The zero-order chi connectivity index (χ0) is 23.1. The van der Waals surface area contributed by atoms with Crippen molar-refractivity contribution in [2.45, 2.75) is 40.3 Å². The van der Waals surface area contributed by atoms with Crippen LogP contribution in [0.1, 0.15) is 33.3 Å². The highest BCUT2D eigenvalue weighted by Crippen LogP contribution is 2.30. The minimum Gasteiger partial charge on any atom is -0.491 e. The van der Waals surface area contributed by atoms with E-state index < -0.39 is 0 Å². The monoisotopic (exact) mass is 433 g/mol. The number of rotatable bonds is 9. The lowest BCUT2D eigenvalue weighted by Crippen LogP contribution is -2.33. The third kappa shape index (κ3) is 6.31. The molecule has 0 spiro atoms. The fourth-order valence-electron chi connectivity index (χ4n) is 3.59. The van der Waals surface area contributed by atoms with Gasteiger partial charge in [-0.3, -0.25) is 14.5 Å². The molecule has 0 atom stereocenters. The third-order valence-electron chi connectivity index (χ3n) is 5.05.